The normalized spacial score (nSPS) is 23.5. The molecule has 3 rings (SSSR count). The molecule has 26 heavy (non-hydrogen) atoms. The molecule has 1 aliphatic heterocycles. The number of benzene rings is 1. The Morgan fingerprint density at radius 3 is 2.35 bits per heavy atom. The summed E-state index contributed by atoms with van der Waals surface area (Å²) in [5.74, 6) is 0. The largest absolute Gasteiger partial charge is 0.328 e. The molecule has 0 amide bonds. The van der Waals surface area contributed by atoms with Gasteiger partial charge < -0.3 is 9.80 Å². The van der Waals surface area contributed by atoms with Crippen LogP contribution in [0.3, 0.4) is 0 Å². The molecule has 2 aromatic rings. The quantitative estimate of drug-likeness (QED) is 0.632. The van der Waals surface area contributed by atoms with Crippen molar-refractivity contribution < 1.29 is 18.2 Å². The van der Waals surface area contributed by atoms with Crippen molar-refractivity contribution in [1.82, 2.24) is 4.72 Å². The van der Waals surface area contributed by atoms with Crippen LogP contribution in [0.2, 0.25) is 5.02 Å². The number of quaternary nitrogens is 2. The molecular weight excluding hydrogens is 390 g/mol. The monoisotopic (exact) mass is 415 g/mol. The van der Waals surface area contributed by atoms with Gasteiger partial charge in [0.1, 0.15) is 32.2 Å². The molecule has 0 saturated carbocycles. The van der Waals surface area contributed by atoms with Crippen molar-refractivity contribution >= 4 is 33.0 Å². The summed E-state index contributed by atoms with van der Waals surface area (Å²) < 4.78 is 28.5. The summed E-state index contributed by atoms with van der Waals surface area (Å²) in [7, 11) is -1.37. The van der Waals surface area contributed by atoms with Crippen LogP contribution in [-0.2, 0) is 10.0 Å². The number of sulfonamides is 1. The van der Waals surface area contributed by atoms with Crippen LogP contribution < -0.4 is 14.5 Å². The van der Waals surface area contributed by atoms with Gasteiger partial charge in [-0.3, -0.25) is 0 Å². The Bertz CT molecular complexity index is 801. The molecule has 1 aromatic heterocycles. The third-order valence-electron chi connectivity index (χ3n) is 5.00. The van der Waals surface area contributed by atoms with Crippen molar-refractivity contribution in [3.05, 3.63) is 51.7 Å². The number of nitrogens with one attached hydrogen (secondary N) is 3. The lowest BCUT2D eigenvalue weighted by atomic mass is 10.1. The summed E-state index contributed by atoms with van der Waals surface area (Å²) in [6.45, 7) is 6.26. The number of piperazine rings is 1. The van der Waals surface area contributed by atoms with Gasteiger partial charge in [0.2, 0.25) is 10.0 Å². The van der Waals surface area contributed by atoms with Crippen LogP contribution in [0.25, 0.3) is 0 Å². The number of thiophene rings is 1. The molecule has 0 aliphatic carbocycles. The van der Waals surface area contributed by atoms with Gasteiger partial charge in [-0.05, 0) is 42.6 Å². The lowest BCUT2D eigenvalue weighted by Crippen LogP contribution is -3.27. The Morgan fingerprint density at radius 2 is 1.77 bits per heavy atom. The smallest absolute Gasteiger partial charge is 0.241 e. The van der Waals surface area contributed by atoms with E-state index in [1.165, 1.54) is 14.7 Å². The van der Waals surface area contributed by atoms with E-state index in [9.17, 15) is 8.42 Å². The third kappa shape index (κ3) is 4.65. The van der Waals surface area contributed by atoms with E-state index in [1.807, 2.05) is 13.0 Å². The molecule has 0 spiro atoms. The molecule has 2 atom stereocenters. The molecule has 0 radical (unpaired) electrons. The first-order valence-corrected chi connectivity index (χ1v) is 11.6. The Labute approximate surface area is 164 Å². The highest BCUT2D eigenvalue weighted by molar-refractivity contribution is 7.89. The van der Waals surface area contributed by atoms with Crippen molar-refractivity contribution in [2.75, 3.05) is 33.2 Å². The third-order valence-corrected chi connectivity index (χ3v) is 7.78. The molecule has 3 N–H and O–H groups in total. The summed E-state index contributed by atoms with van der Waals surface area (Å²) in [4.78, 5) is 4.46. The summed E-state index contributed by atoms with van der Waals surface area (Å²) in [6, 6.07) is 10.4. The molecule has 5 nitrogen and oxygen atoms in total. The highest BCUT2D eigenvalue weighted by atomic mass is 35.5. The first-order valence-electron chi connectivity index (χ1n) is 8.84. The van der Waals surface area contributed by atoms with Gasteiger partial charge in [0.15, 0.2) is 0 Å². The van der Waals surface area contributed by atoms with Crippen molar-refractivity contribution in [2.45, 2.75) is 23.9 Å². The zero-order chi connectivity index (χ0) is 18.7. The van der Waals surface area contributed by atoms with Crippen LogP contribution in [0.1, 0.15) is 17.8 Å². The van der Waals surface area contributed by atoms with Crippen LogP contribution in [0.5, 0.6) is 0 Å². The molecule has 1 aliphatic rings. The Balaban J connectivity index is 1.81. The van der Waals surface area contributed by atoms with Gasteiger partial charge in [-0.25, -0.2) is 13.1 Å². The van der Waals surface area contributed by atoms with E-state index in [4.69, 9.17) is 11.6 Å². The molecule has 142 valence electrons. The number of likely N-dealkylation sites (N-methyl/N-ethyl adjacent to an activating group) is 1. The van der Waals surface area contributed by atoms with Crippen LogP contribution >= 0.6 is 22.9 Å². The SMILES string of the molecule is C[C@H](NS(=O)(=O)c1ccc(Cl)cc1)[C@@H](c1cccs1)[NH+]1CC[NH+](C)CC1. The van der Waals surface area contributed by atoms with Crippen molar-refractivity contribution in [3.63, 3.8) is 0 Å². The lowest BCUT2D eigenvalue weighted by Gasteiger charge is -2.35. The van der Waals surface area contributed by atoms with E-state index in [1.54, 1.807) is 35.6 Å². The van der Waals surface area contributed by atoms with Crippen LogP contribution in [-0.4, -0.2) is 47.7 Å². The number of hydrogen-bond acceptors (Lipinski definition) is 3. The Morgan fingerprint density at radius 1 is 1.12 bits per heavy atom. The van der Waals surface area contributed by atoms with E-state index in [-0.39, 0.29) is 17.0 Å². The maximum atomic E-state index is 12.8. The predicted octanol–water partition coefficient (Wildman–Crippen LogP) is 0.223. The number of rotatable bonds is 6. The minimum atomic E-state index is -3.58. The maximum absolute atomic E-state index is 12.8. The Kier molecular flexibility index (Phi) is 6.37. The molecular formula is C18H26ClN3O2S2+2. The van der Waals surface area contributed by atoms with Crippen molar-refractivity contribution in [1.29, 1.82) is 0 Å². The molecule has 8 heteroatoms. The van der Waals surface area contributed by atoms with Gasteiger partial charge in [0.05, 0.1) is 22.9 Å². The second kappa shape index (κ2) is 8.37. The molecule has 1 aromatic carbocycles. The van der Waals surface area contributed by atoms with Gasteiger partial charge in [-0.15, -0.1) is 11.3 Å². The lowest BCUT2D eigenvalue weighted by molar-refractivity contribution is -1.02. The van der Waals surface area contributed by atoms with Gasteiger partial charge in [0.25, 0.3) is 0 Å². The fraction of sp³-hybridized carbons (Fsp3) is 0.444. The second-order valence-electron chi connectivity index (χ2n) is 6.97. The van der Waals surface area contributed by atoms with E-state index < -0.39 is 10.0 Å². The predicted molar refractivity (Wildman–Crippen MR) is 106 cm³/mol. The summed E-state index contributed by atoms with van der Waals surface area (Å²) in [6.07, 6.45) is 0. The average Bonchev–Trinajstić information content (AvgIpc) is 3.11. The molecule has 2 heterocycles. The van der Waals surface area contributed by atoms with Crippen molar-refractivity contribution in [3.8, 4) is 0 Å². The van der Waals surface area contributed by atoms with E-state index in [0.717, 1.165) is 26.2 Å². The van der Waals surface area contributed by atoms with Gasteiger partial charge in [0, 0.05) is 5.02 Å². The fourth-order valence-corrected chi connectivity index (χ4v) is 5.94. The highest BCUT2D eigenvalue weighted by Gasteiger charge is 2.36. The van der Waals surface area contributed by atoms with Gasteiger partial charge >= 0.3 is 0 Å². The average molecular weight is 416 g/mol. The minimum absolute atomic E-state index is 0.116. The van der Waals surface area contributed by atoms with Gasteiger partial charge in [-0.1, -0.05) is 17.7 Å². The van der Waals surface area contributed by atoms with Crippen LogP contribution in [0.4, 0.5) is 0 Å². The fourth-order valence-electron chi connectivity index (χ4n) is 3.57. The molecule has 1 saturated heterocycles. The Hall–Kier alpha value is -0.960. The van der Waals surface area contributed by atoms with Crippen LogP contribution in [0, 0.1) is 0 Å². The number of hydrogen-bond donors (Lipinski definition) is 3. The second-order valence-corrected chi connectivity index (χ2v) is 10.1. The standard InChI is InChI=1S/C18H24ClN3O2S2/c1-14(20-26(23,24)16-7-5-15(19)6-8-16)18(17-4-3-13-25-17)22-11-9-21(2)10-12-22/h3-8,13-14,18,20H,9-12H2,1-2H3/p+2/t14-,18-/m0/s1. The molecule has 0 unspecified atom stereocenters. The minimum Gasteiger partial charge on any atom is -0.328 e. The highest BCUT2D eigenvalue weighted by Crippen LogP contribution is 2.22. The van der Waals surface area contributed by atoms with E-state index in [0.29, 0.717) is 5.02 Å². The topological polar surface area (TPSA) is 55.0 Å². The summed E-state index contributed by atoms with van der Waals surface area (Å²) in [5.41, 5.74) is 0. The van der Waals surface area contributed by atoms with Crippen LogP contribution in [0.15, 0.2) is 46.7 Å². The van der Waals surface area contributed by atoms with Crippen molar-refractivity contribution in [2.24, 2.45) is 0 Å². The summed E-state index contributed by atoms with van der Waals surface area (Å²) >= 11 is 7.58. The first-order chi connectivity index (χ1) is 12.4. The maximum Gasteiger partial charge on any atom is 0.241 e. The van der Waals surface area contributed by atoms with E-state index >= 15 is 0 Å². The first kappa shape index (κ1) is 19.8. The van der Waals surface area contributed by atoms with Gasteiger partial charge in [-0.2, -0.15) is 0 Å². The zero-order valence-electron chi connectivity index (χ0n) is 15.0. The number of halogens is 1. The summed E-state index contributed by atoms with van der Waals surface area (Å²) in [5, 5.41) is 2.58. The molecule has 1 fully saturated rings. The molecule has 0 bridgehead atoms. The van der Waals surface area contributed by atoms with E-state index in [2.05, 4.69) is 23.2 Å². The zero-order valence-corrected chi connectivity index (χ0v) is 17.4.